The molecule has 0 fully saturated rings. The van der Waals surface area contributed by atoms with Gasteiger partial charge >= 0.3 is 0 Å². The summed E-state index contributed by atoms with van der Waals surface area (Å²) < 4.78 is 2.02. The van der Waals surface area contributed by atoms with Crippen molar-refractivity contribution < 1.29 is 0 Å². The van der Waals surface area contributed by atoms with Gasteiger partial charge in [-0.2, -0.15) is 0 Å². The Balaban J connectivity index is 2.11. The average molecular weight is 275 g/mol. The molecule has 6 nitrogen and oxygen atoms in total. The van der Waals surface area contributed by atoms with Gasteiger partial charge in [0.05, 0.1) is 6.54 Å². The third-order valence-electron chi connectivity index (χ3n) is 3.49. The molecule has 2 heterocycles. The van der Waals surface area contributed by atoms with Crippen LogP contribution in [0.2, 0.25) is 0 Å². The minimum atomic E-state index is 0.115. The molecule has 0 saturated heterocycles. The highest BCUT2D eigenvalue weighted by atomic mass is 16.1. The molecule has 6 heteroatoms. The lowest BCUT2D eigenvalue weighted by atomic mass is 10.1. The molecule has 1 N–H and O–H groups in total. The third kappa shape index (κ3) is 2.96. The Morgan fingerprint density at radius 2 is 2.10 bits per heavy atom. The van der Waals surface area contributed by atoms with Gasteiger partial charge in [0.1, 0.15) is 12.2 Å². The van der Waals surface area contributed by atoms with E-state index in [9.17, 15) is 4.79 Å². The molecule has 0 aromatic carbocycles. The Labute approximate surface area is 118 Å². The van der Waals surface area contributed by atoms with Gasteiger partial charge in [-0.3, -0.25) is 9.69 Å². The van der Waals surface area contributed by atoms with E-state index in [1.54, 1.807) is 12.5 Å². The van der Waals surface area contributed by atoms with Gasteiger partial charge in [-0.15, -0.1) is 10.2 Å². The summed E-state index contributed by atoms with van der Waals surface area (Å²) in [7, 11) is 2.01. The number of hydrogen-bond acceptors (Lipinski definition) is 4. The van der Waals surface area contributed by atoms with Crippen molar-refractivity contribution >= 4 is 0 Å². The quantitative estimate of drug-likeness (QED) is 0.891. The van der Waals surface area contributed by atoms with Crippen molar-refractivity contribution in [2.24, 2.45) is 0 Å². The minimum Gasteiger partial charge on any atom is -0.363 e. The van der Waals surface area contributed by atoms with Gasteiger partial charge in [-0.25, -0.2) is 0 Å². The Morgan fingerprint density at radius 3 is 2.80 bits per heavy atom. The van der Waals surface area contributed by atoms with Gasteiger partial charge in [0.15, 0.2) is 5.43 Å². The number of aryl methyl sites for hydroxylation is 2. The maximum Gasteiger partial charge on any atom is 0.187 e. The summed E-state index contributed by atoms with van der Waals surface area (Å²) in [6, 6.07) is 0. The van der Waals surface area contributed by atoms with Crippen LogP contribution in [0.4, 0.5) is 0 Å². The zero-order valence-electron chi connectivity index (χ0n) is 12.5. The molecule has 0 saturated carbocycles. The molecule has 2 aromatic heterocycles. The largest absolute Gasteiger partial charge is 0.363 e. The second kappa shape index (κ2) is 6.00. The van der Waals surface area contributed by atoms with Gasteiger partial charge in [-0.05, 0) is 27.8 Å². The maximum atomic E-state index is 11.9. The van der Waals surface area contributed by atoms with Crippen LogP contribution in [-0.2, 0) is 19.6 Å². The van der Waals surface area contributed by atoms with Gasteiger partial charge in [0.25, 0.3) is 0 Å². The first-order valence-corrected chi connectivity index (χ1v) is 6.76. The zero-order valence-corrected chi connectivity index (χ0v) is 12.5. The molecule has 0 amide bonds. The van der Waals surface area contributed by atoms with E-state index >= 15 is 0 Å². The number of nitrogens with zero attached hydrogens (tertiary/aromatic N) is 4. The lowest BCUT2D eigenvalue weighted by Crippen LogP contribution is -2.23. The fraction of sp³-hybridized carbons (Fsp3) is 0.500. The van der Waals surface area contributed by atoms with Crippen molar-refractivity contribution in [3.8, 4) is 0 Å². The van der Waals surface area contributed by atoms with E-state index in [0.717, 1.165) is 29.2 Å². The topological polar surface area (TPSA) is 66.8 Å². The molecule has 0 radical (unpaired) electrons. The normalized spacial score (nSPS) is 11.2. The molecule has 0 aliphatic carbocycles. The van der Waals surface area contributed by atoms with E-state index < -0.39 is 0 Å². The van der Waals surface area contributed by atoms with E-state index in [0.29, 0.717) is 13.1 Å². The number of aromatic amines is 1. The number of aromatic nitrogens is 4. The first kappa shape index (κ1) is 14.5. The molecule has 0 atom stereocenters. The van der Waals surface area contributed by atoms with Crippen LogP contribution in [0.3, 0.4) is 0 Å². The fourth-order valence-electron chi connectivity index (χ4n) is 2.20. The summed E-state index contributed by atoms with van der Waals surface area (Å²) >= 11 is 0. The second-order valence-corrected chi connectivity index (χ2v) is 5.11. The smallest absolute Gasteiger partial charge is 0.187 e. The van der Waals surface area contributed by atoms with E-state index in [1.165, 1.54) is 0 Å². The monoisotopic (exact) mass is 275 g/mol. The lowest BCUT2D eigenvalue weighted by molar-refractivity contribution is 0.300. The van der Waals surface area contributed by atoms with Crippen molar-refractivity contribution in [1.29, 1.82) is 0 Å². The average Bonchev–Trinajstić information content (AvgIpc) is 2.86. The molecule has 20 heavy (non-hydrogen) atoms. The summed E-state index contributed by atoms with van der Waals surface area (Å²) in [6.45, 7) is 7.98. The molecular weight excluding hydrogens is 254 g/mol. The van der Waals surface area contributed by atoms with Gasteiger partial charge < -0.3 is 9.55 Å². The minimum absolute atomic E-state index is 0.115. The van der Waals surface area contributed by atoms with E-state index in [4.69, 9.17) is 0 Å². The summed E-state index contributed by atoms with van der Waals surface area (Å²) in [5.41, 5.74) is 2.60. The molecule has 0 aliphatic heterocycles. The van der Waals surface area contributed by atoms with E-state index in [-0.39, 0.29) is 5.43 Å². The van der Waals surface area contributed by atoms with Crippen LogP contribution in [0.5, 0.6) is 0 Å². The zero-order chi connectivity index (χ0) is 14.7. The van der Waals surface area contributed by atoms with Crippen molar-refractivity contribution in [3.05, 3.63) is 45.4 Å². The molecule has 0 bridgehead atoms. The van der Waals surface area contributed by atoms with E-state index in [1.807, 2.05) is 25.5 Å². The summed E-state index contributed by atoms with van der Waals surface area (Å²) in [6.07, 6.45) is 3.51. The highest BCUT2D eigenvalue weighted by Crippen LogP contribution is 2.07. The standard InChI is InChI=1S/C14H21N5O/c1-5-19-9-16-17-13(19)8-18(4)7-12-11(3)14(20)10(2)6-15-12/h6,9H,5,7-8H2,1-4H3,(H,15,20). The number of H-pyrrole nitrogens is 1. The first-order chi connectivity index (χ1) is 9.52. The van der Waals surface area contributed by atoms with Crippen molar-refractivity contribution in [2.45, 2.75) is 40.4 Å². The first-order valence-electron chi connectivity index (χ1n) is 6.76. The predicted molar refractivity (Wildman–Crippen MR) is 77.4 cm³/mol. The fourth-order valence-corrected chi connectivity index (χ4v) is 2.20. The number of pyridine rings is 1. The van der Waals surface area contributed by atoms with Gasteiger partial charge in [-0.1, -0.05) is 0 Å². The van der Waals surface area contributed by atoms with Crippen molar-refractivity contribution in [3.63, 3.8) is 0 Å². The van der Waals surface area contributed by atoms with Crippen LogP contribution in [0, 0.1) is 13.8 Å². The number of rotatable bonds is 5. The number of hydrogen-bond donors (Lipinski definition) is 1. The number of nitrogens with one attached hydrogen (secondary N) is 1. The van der Waals surface area contributed by atoms with Gasteiger partial charge in [0, 0.05) is 36.1 Å². The Bertz CT molecular complexity index is 643. The molecule has 2 aromatic rings. The van der Waals surface area contributed by atoms with E-state index in [2.05, 4.69) is 27.0 Å². The summed E-state index contributed by atoms with van der Waals surface area (Å²) in [5, 5.41) is 8.05. The molecule has 0 aliphatic rings. The Morgan fingerprint density at radius 1 is 1.35 bits per heavy atom. The Kier molecular flexibility index (Phi) is 4.34. The van der Waals surface area contributed by atoms with Crippen LogP contribution in [0.15, 0.2) is 17.3 Å². The molecule has 0 unspecified atom stereocenters. The maximum absolute atomic E-state index is 11.9. The summed E-state index contributed by atoms with van der Waals surface area (Å²) in [5.74, 6) is 0.933. The van der Waals surface area contributed by atoms with Gasteiger partial charge in [0.2, 0.25) is 0 Å². The SMILES string of the molecule is CCn1cnnc1CN(C)Cc1[nH]cc(C)c(=O)c1C. The summed E-state index contributed by atoms with van der Waals surface area (Å²) in [4.78, 5) is 17.2. The van der Waals surface area contributed by atoms with Crippen molar-refractivity contribution in [2.75, 3.05) is 7.05 Å². The third-order valence-corrected chi connectivity index (χ3v) is 3.49. The van der Waals surface area contributed by atoms with Crippen LogP contribution < -0.4 is 5.43 Å². The Hall–Kier alpha value is -1.95. The molecular formula is C14H21N5O. The lowest BCUT2D eigenvalue weighted by Gasteiger charge is -2.17. The van der Waals surface area contributed by atoms with Crippen LogP contribution in [0.25, 0.3) is 0 Å². The molecule has 108 valence electrons. The predicted octanol–water partition coefficient (Wildman–Crippen LogP) is 1.24. The van der Waals surface area contributed by atoms with Crippen LogP contribution in [-0.4, -0.2) is 31.7 Å². The van der Waals surface area contributed by atoms with Crippen LogP contribution >= 0.6 is 0 Å². The highest BCUT2D eigenvalue weighted by Gasteiger charge is 2.10. The highest BCUT2D eigenvalue weighted by molar-refractivity contribution is 5.23. The molecule has 2 rings (SSSR count). The van der Waals surface area contributed by atoms with Crippen molar-refractivity contribution in [1.82, 2.24) is 24.6 Å². The second-order valence-electron chi connectivity index (χ2n) is 5.11. The van der Waals surface area contributed by atoms with Crippen LogP contribution in [0.1, 0.15) is 29.6 Å². The molecule has 0 spiro atoms.